The maximum atomic E-state index is 5.86. The van der Waals surface area contributed by atoms with Crippen molar-refractivity contribution in [3.63, 3.8) is 0 Å². The molecule has 0 fully saturated rings. The van der Waals surface area contributed by atoms with Crippen molar-refractivity contribution in [2.24, 2.45) is 0 Å². The fourth-order valence-corrected chi connectivity index (χ4v) is 3.00. The van der Waals surface area contributed by atoms with Crippen LogP contribution in [0.5, 0.6) is 0 Å². The van der Waals surface area contributed by atoms with Crippen molar-refractivity contribution in [3.05, 3.63) is 70.0 Å². The molecular formula is C17H16N2S. The van der Waals surface area contributed by atoms with E-state index < -0.39 is 0 Å². The molecule has 3 rings (SSSR count). The van der Waals surface area contributed by atoms with Crippen molar-refractivity contribution in [1.82, 2.24) is 4.98 Å². The number of rotatable bonds is 3. The van der Waals surface area contributed by atoms with Crippen LogP contribution in [0, 0.1) is 6.92 Å². The number of anilines is 1. The van der Waals surface area contributed by atoms with Crippen LogP contribution >= 0.6 is 11.3 Å². The molecule has 0 spiro atoms. The molecule has 3 heteroatoms. The van der Waals surface area contributed by atoms with Gasteiger partial charge in [0.2, 0.25) is 0 Å². The van der Waals surface area contributed by atoms with Gasteiger partial charge in [0.15, 0.2) is 0 Å². The third kappa shape index (κ3) is 2.73. The Morgan fingerprint density at radius 1 is 1.10 bits per heavy atom. The molecule has 0 aliphatic heterocycles. The zero-order valence-corrected chi connectivity index (χ0v) is 12.2. The highest BCUT2D eigenvalue weighted by atomic mass is 32.1. The predicted octanol–water partition coefficient (Wildman–Crippen LogP) is 4.29. The van der Waals surface area contributed by atoms with Crippen LogP contribution in [0.25, 0.3) is 11.3 Å². The highest BCUT2D eigenvalue weighted by Crippen LogP contribution is 2.24. The number of aryl methyl sites for hydroxylation is 1. The van der Waals surface area contributed by atoms with Gasteiger partial charge in [-0.05, 0) is 30.2 Å². The molecule has 0 unspecified atom stereocenters. The van der Waals surface area contributed by atoms with Crippen molar-refractivity contribution in [2.45, 2.75) is 13.3 Å². The maximum Gasteiger partial charge on any atom is 0.0976 e. The Balaban J connectivity index is 1.86. The summed E-state index contributed by atoms with van der Waals surface area (Å²) in [6.07, 6.45) is 0.842. The number of benzene rings is 2. The summed E-state index contributed by atoms with van der Waals surface area (Å²) in [5.41, 5.74) is 11.4. The molecule has 0 atom stereocenters. The van der Waals surface area contributed by atoms with Gasteiger partial charge in [0.25, 0.3) is 0 Å². The monoisotopic (exact) mass is 280 g/mol. The number of thiazole rings is 1. The highest BCUT2D eigenvalue weighted by molar-refractivity contribution is 7.10. The van der Waals surface area contributed by atoms with E-state index in [2.05, 4.69) is 30.5 Å². The third-order valence-electron chi connectivity index (χ3n) is 3.34. The Morgan fingerprint density at radius 2 is 1.90 bits per heavy atom. The molecule has 20 heavy (non-hydrogen) atoms. The molecule has 1 heterocycles. The summed E-state index contributed by atoms with van der Waals surface area (Å²) < 4.78 is 0. The van der Waals surface area contributed by atoms with Gasteiger partial charge in [0, 0.05) is 23.1 Å². The van der Waals surface area contributed by atoms with E-state index in [0.717, 1.165) is 22.8 Å². The first-order chi connectivity index (χ1) is 9.72. The lowest BCUT2D eigenvalue weighted by Gasteiger charge is -2.04. The Kier molecular flexibility index (Phi) is 3.52. The second-order valence-electron chi connectivity index (χ2n) is 4.86. The van der Waals surface area contributed by atoms with E-state index in [4.69, 9.17) is 10.7 Å². The van der Waals surface area contributed by atoms with Crippen molar-refractivity contribution < 1.29 is 0 Å². The second kappa shape index (κ2) is 5.47. The van der Waals surface area contributed by atoms with E-state index in [0.29, 0.717) is 0 Å². The smallest absolute Gasteiger partial charge is 0.0976 e. The first kappa shape index (κ1) is 12.9. The Hall–Kier alpha value is -2.13. The third-order valence-corrected chi connectivity index (χ3v) is 4.18. The fourth-order valence-electron chi connectivity index (χ4n) is 2.18. The molecule has 0 saturated carbocycles. The van der Waals surface area contributed by atoms with Crippen LogP contribution in [-0.4, -0.2) is 4.98 Å². The first-order valence-corrected chi connectivity index (χ1v) is 7.45. The second-order valence-corrected chi connectivity index (χ2v) is 5.80. The van der Waals surface area contributed by atoms with Crippen molar-refractivity contribution in [1.29, 1.82) is 0 Å². The van der Waals surface area contributed by atoms with E-state index in [1.807, 2.05) is 30.3 Å². The normalized spacial score (nSPS) is 10.7. The summed E-state index contributed by atoms with van der Waals surface area (Å²) in [5, 5.41) is 3.24. The molecule has 1 aromatic heterocycles. The van der Waals surface area contributed by atoms with Crippen LogP contribution in [0.15, 0.2) is 53.9 Å². The molecule has 2 aromatic carbocycles. The van der Waals surface area contributed by atoms with Gasteiger partial charge in [-0.3, -0.25) is 0 Å². The van der Waals surface area contributed by atoms with Crippen LogP contribution < -0.4 is 5.73 Å². The van der Waals surface area contributed by atoms with Crippen LogP contribution in [0.1, 0.15) is 16.1 Å². The average molecular weight is 280 g/mol. The topological polar surface area (TPSA) is 38.9 Å². The summed E-state index contributed by atoms with van der Waals surface area (Å²) in [7, 11) is 0. The lowest BCUT2D eigenvalue weighted by atomic mass is 10.1. The Bertz CT molecular complexity index is 717. The maximum absolute atomic E-state index is 5.86. The zero-order chi connectivity index (χ0) is 13.9. The molecule has 0 amide bonds. The van der Waals surface area contributed by atoms with E-state index >= 15 is 0 Å². The van der Waals surface area contributed by atoms with Crippen LogP contribution in [0.4, 0.5) is 5.69 Å². The van der Waals surface area contributed by atoms with Gasteiger partial charge in [0.05, 0.1) is 10.7 Å². The number of nitrogens with two attached hydrogens (primary N) is 1. The molecular weight excluding hydrogens is 264 g/mol. The molecule has 0 bridgehead atoms. The molecule has 2 nitrogen and oxygen atoms in total. The molecule has 0 saturated heterocycles. The lowest BCUT2D eigenvalue weighted by Crippen LogP contribution is -1.94. The van der Waals surface area contributed by atoms with Crippen molar-refractivity contribution >= 4 is 17.0 Å². The quantitative estimate of drug-likeness (QED) is 0.727. The first-order valence-electron chi connectivity index (χ1n) is 6.57. The highest BCUT2D eigenvalue weighted by Gasteiger charge is 2.07. The van der Waals surface area contributed by atoms with Gasteiger partial charge < -0.3 is 5.73 Å². The van der Waals surface area contributed by atoms with Crippen LogP contribution in [0.2, 0.25) is 0 Å². The molecule has 2 N–H and O–H groups in total. The van der Waals surface area contributed by atoms with Crippen molar-refractivity contribution in [3.8, 4) is 11.3 Å². The zero-order valence-electron chi connectivity index (χ0n) is 11.3. The van der Waals surface area contributed by atoms with Gasteiger partial charge >= 0.3 is 0 Å². The summed E-state index contributed by atoms with van der Waals surface area (Å²) in [6.45, 7) is 2.11. The van der Waals surface area contributed by atoms with E-state index in [-0.39, 0.29) is 0 Å². The van der Waals surface area contributed by atoms with E-state index in [1.54, 1.807) is 11.3 Å². The molecule has 3 aromatic rings. The number of aromatic nitrogens is 1. The summed E-state index contributed by atoms with van der Waals surface area (Å²) in [6, 6.07) is 16.3. The minimum atomic E-state index is 0.811. The van der Waals surface area contributed by atoms with Gasteiger partial charge in [0.1, 0.15) is 0 Å². The standard InChI is InChI=1S/C17H16N2S/c1-12-7-8-15(18)9-14(12)10-17-19-16(11-20-17)13-5-3-2-4-6-13/h2-9,11H,10,18H2,1H3. The number of hydrogen-bond acceptors (Lipinski definition) is 3. The fraction of sp³-hybridized carbons (Fsp3) is 0.118. The van der Waals surface area contributed by atoms with Gasteiger partial charge in [-0.15, -0.1) is 11.3 Å². The molecule has 0 aliphatic carbocycles. The Labute approximate surface area is 122 Å². The summed E-state index contributed by atoms with van der Waals surface area (Å²) in [5.74, 6) is 0. The number of hydrogen-bond donors (Lipinski definition) is 1. The largest absolute Gasteiger partial charge is 0.399 e. The Morgan fingerprint density at radius 3 is 2.70 bits per heavy atom. The van der Waals surface area contributed by atoms with Crippen LogP contribution in [-0.2, 0) is 6.42 Å². The van der Waals surface area contributed by atoms with E-state index in [1.165, 1.54) is 16.7 Å². The van der Waals surface area contributed by atoms with Gasteiger partial charge in [-0.25, -0.2) is 4.98 Å². The van der Waals surface area contributed by atoms with Gasteiger partial charge in [-0.1, -0.05) is 36.4 Å². The van der Waals surface area contributed by atoms with Crippen molar-refractivity contribution in [2.75, 3.05) is 5.73 Å². The number of nitrogen functional groups attached to an aromatic ring is 1. The number of nitrogens with zero attached hydrogens (tertiary/aromatic N) is 1. The molecule has 100 valence electrons. The predicted molar refractivity (Wildman–Crippen MR) is 85.9 cm³/mol. The average Bonchev–Trinajstić information content (AvgIpc) is 2.92. The minimum absolute atomic E-state index is 0.811. The molecule has 0 aliphatic rings. The van der Waals surface area contributed by atoms with E-state index in [9.17, 15) is 0 Å². The minimum Gasteiger partial charge on any atom is -0.399 e. The molecule has 0 radical (unpaired) electrons. The lowest BCUT2D eigenvalue weighted by molar-refractivity contribution is 1.12. The van der Waals surface area contributed by atoms with Crippen LogP contribution in [0.3, 0.4) is 0 Å². The summed E-state index contributed by atoms with van der Waals surface area (Å²) >= 11 is 1.70. The van der Waals surface area contributed by atoms with Gasteiger partial charge in [-0.2, -0.15) is 0 Å². The SMILES string of the molecule is Cc1ccc(N)cc1Cc1nc(-c2ccccc2)cs1. The summed E-state index contributed by atoms with van der Waals surface area (Å²) in [4.78, 5) is 4.72.